The van der Waals surface area contributed by atoms with Crippen molar-refractivity contribution in [3.63, 3.8) is 0 Å². The molecule has 0 bridgehead atoms. The summed E-state index contributed by atoms with van der Waals surface area (Å²) in [6.45, 7) is 0.172. The van der Waals surface area contributed by atoms with Crippen molar-refractivity contribution in [1.82, 2.24) is 4.57 Å². The van der Waals surface area contributed by atoms with E-state index in [1.807, 2.05) is 6.07 Å². The van der Waals surface area contributed by atoms with E-state index < -0.39 is 5.91 Å². The van der Waals surface area contributed by atoms with E-state index in [0.717, 1.165) is 5.52 Å². The highest BCUT2D eigenvalue weighted by Gasteiger charge is 2.12. The monoisotopic (exact) mass is 233 g/mol. The smallest absolute Gasteiger partial charge is 0.250 e. The van der Waals surface area contributed by atoms with Gasteiger partial charge in [-0.2, -0.15) is 5.26 Å². The van der Waals surface area contributed by atoms with E-state index in [1.165, 1.54) is 0 Å². The minimum absolute atomic E-state index is 0.172. The number of carbonyl (C=O) groups excluding carboxylic acids is 1. The average Bonchev–Trinajstić information content (AvgIpc) is 2.57. The Morgan fingerprint density at radius 3 is 2.94 bits per heavy atom. The maximum absolute atomic E-state index is 11.2. The molecular weight excluding hydrogens is 226 g/mol. The minimum atomic E-state index is -0.524. The first-order valence-corrected chi connectivity index (χ1v) is 4.96. The Balaban J connectivity index is 2.77. The van der Waals surface area contributed by atoms with Crippen molar-refractivity contribution in [1.29, 1.82) is 5.26 Å². The molecule has 1 aromatic heterocycles. The molecule has 0 aliphatic heterocycles. The van der Waals surface area contributed by atoms with Gasteiger partial charge in [0.2, 0.25) is 0 Å². The lowest BCUT2D eigenvalue weighted by atomic mass is 10.2. The molecule has 1 amide bonds. The molecular formula is C11H8ClN3O. The van der Waals surface area contributed by atoms with E-state index in [9.17, 15) is 4.79 Å². The van der Waals surface area contributed by atoms with Crippen LogP contribution in [0.1, 0.15) is 10.4 Å². The van der Waals surface area contributed by atoms with Gasteiger partial charge in [-0.05, 0) is 18.2 Å². The Hall–Kier alpha value is -1.99. The molecule has 4 nitrogen and oxygen atoms in total. The highest BCUT2D eigenvalue weighted by Crippen LogP contribution is 2.24. The normalized spacial score (nSPS) is 10.2. The number of hydrogen-bond donors (Lipinski definition) is 1. The number of benzene rings is 1. The zero-order chi connectivity index (χ0) is 11.7. The zero-order valence-electron chi connectivity index (χ0n) is 8.27. The van der Waals surface area contributed by atoms with Crippen molar-refractivity contribution in [3.05, 3.63) is 35.0 Å². The number of primary amides is 1. The quantitative estimate of drug-likeness (QED) is 0.861. The van der Waals surface area contributed by atoms with Crippen molar-refractivity contribution >= 4 is 28.4 Å². The molecule has 0 aliphatic rings. The summed E-state index contributed by atoms with van der Waals surface area (Å²) in [6, 6.07) is 7.17. The molecule has 0 spiro atoms. The van der Waals surface area contributed by atoms with Crippen LogP contribution in [-0.2, 0) is 6.54 Å². The third-order valence-electron chi connectivity index (χ3n) is 2.35. The number of halogens is 1. The fourth-order valence-electron chi connectivity index (χ4n) is 1.67. The molecule has 0 saturated carbocycles. The molecule has 1 heterocycles. The zero-order valence-corrected chi connectivity index (χ0v) is 9.03. The molecule has 0 aliphatic carbocycles. The number of fused-ring (bicyclic) bond motifs is 1. The van der Waals surface area contributed by atoms with Crippen LogP contribution in [0.2, 0.25) is 5.02 Å². The predicted octanol–water partition coefficient (Wildman–Crippen LogP) is 1.92. The molecule has 0 unspecified atom stereocenters. The minimum Gasteiger partial charge on any atom is -0.366 e. The molecule has 80 valence electrons. The van der Waals surface area contributed by atoms with Crippen molar-refractivity contribution in [3.8, 4) is 6.07 Å². The summed E-state index contributed by atoms with van der Waals surface area (Å²) >= 11 is 5.86. The third-order valence-corrected chi connectivity index (χ3v) is 2.58. The number of carbonyl (C=O) groups is 1. The first kappa shape index (κ1) is 10.5. The fraction of sp³-hybridized carbons (Fsp3) is 0.0909. The second-order valence-electron chi connectivity index (χ2n) is 3.35. The first-order valence-electron chi connectivity index (χ1n) is 4.58. The van der Waals surface area contributed by atoms with Crippen LogP contribution in [0.3, 0.4) is 0 Å². The van der Waals surface area contributed by atoms with Crippen LogP contribution in [0.4, 0.5) is 0 Å². The van der Waals surface area contributed by atoms with Gasteiger partial charge in [0.1, 0.15) is 6.54 Å². The van der Waals surface area contributed by atoms with Crippen LogP contribution in [-0.4, -0.2) is 10.5 Å². The summed E-state index contributed by atoms with van der Waals surface area (Å²) in [7, 11) is 0. The van der Waals surface area contributed by atoms with Gasteiger partial charge in [-0.3, -0.25) is 4.79 Å². The van der Waals surface area contributed by atoms with Gasteiger partial charge in [0.05, 0.1) is 11.6 Å². The van der Waals surface area contributed by atoms with Gasteiger partial charge in [-0.25, -0.2) is 0 Å². The molecule has 2 aromatic rings. The van der Waals surface area contributed by atoms with E-state index in [1.54, 1.807) is 29.0 Å². The lowest BCUT2D eigenvalue weighted by Gasteiger charge is -1.98. The maximum Gasteiger partial charge on any atom is 0.250 e. The summed E-state index contributed by atoms with van der Waals surface area (Å²) < 4.78 is 1.67. The van der Waals surface area contributed by atoms with Gasteiger partial charge in [0, 0.05) is 22.1 Å². The number of nitrogens with zero attached hydrogens (tertiary/aromatic N) is 2. The summed E-state index contributed by atoms with van der Waals surface area (Å²) in [5.41, 5.74) is 6.42. The van der Waals surface area contributed by atoms with Crippen molar-refractivity contribution in [2.45, 2.75) is 6.54 Å². The number of nitriles is 1. The average molecular weight is 234 g/mol. The van der Waals surface area contributed by atoms with Crippen LogP contribution in [0, 0.1) is 11.3 Å². The molecule has 0 atom stereocenters. The summed E-state index contributed by atoms with van der Waals surface area (Å²) in [4.78, 5) is 11.2. The van der Waals surface area contributed by atoms with Crippen molar-refractivity contribution < 1.29 is 4.79 Å². The number of rotatable bonds is 2. The lowest BCUT2D eigenvalue weighted by Crippen LogP contribution is -2.10. The summed E-state index contributed by atoms with van der Waals surface area (Å²) in [6.07, 6.45) is 1.58. The Kier molecular flexibility index (Phi) is 2.55. The van der Waals surface area contributed by atoms with E-state index in [2.05, 4.69) is 0 Å². The van der Waals surface area contributed by atoms with Gasteiger partial charge >= 0.3 is 0 Å². The van der Waals surface area contributed by atoms with Crippen LogP contribution >= 0.6 is 11.6 Å². The number of hydrogen-bond acceptors (Lipinski definition) is 2. The number of amides is 1. The largest absolute Gasteiger partial charge is 0.366 e. The highest BCUT2D eigenvalue weighted by atomic mass is 35.5. The standard InChI is InChI=1S/C11H8ClN3O/c12-7-1-2-10-8(5-7)9(11(14)16)6-15(10)4-3-13/h1-2,5-6H,4H2,(H2,14,16). The van der Waals surface area contributed by atoms with Gasteiger partial charge in [0.25, 0.3) is 5.91 Å². The molecule has 0 fully saturated rings. The van der Waals surface area contributed by atoms with E-state index >= 15 is 0 Å². The van der Waals surface area contributed by atoms with Crippen LogP contribution < -0.4 is 5.73 Å². The van der Waals surface area contributed by atoms with E-state index in [-0.39, 0.29) is 6.54 Å². The molecule has 2 N–H and O–H groups in total. The first-order chi connectivity index (χ1) is 7.63. The predicted molar refractivity (Wildman–Crippen MR) is 61.1 cm³/mol. The molecule has 5 heteroatoms. The second kappa shape index (κ2) is 3.87. The summed E-state index contributed by atoms with van der Waals surface area (Å²) in [5, 5.41) is 9.88. The maximum atomic E-state index is 11.2. The molecule has 16 heavy (non-hydrogen) atoms. The Bertz CT molecular complexity index is 609. The van der Waals surface area contributed by atoms with Gasteiger partial charge in [-0.15, -0.1) is 0 Å². The third kappa shape index (κ3) is 1.62. The Labute approximate surface area is 96.8 Å². The van der Waals surface area contributed by atoms with Gasteiger partial charge in [-0.1, -0.05) is 11.6 Å². The van der Waals surface area contributed by atoms with Crippen molar-refractivity contribution in [2.75, 3.05) is 0 Å². The lowest BCUT2D eigenvalue weighted by molar-refractivity contribution is 0.100. The molecule has 0 saturated heterocycles. The SMILES string of the molecule is N#CCn1cc(C(N)=O)c2cc(Cl)ccc21. The van der Waals surface area contributed by atoms with Gasteiger partial charge < -0.3 is 10.3 Å². The molecule has 1 aromatic carbocycles. The summed E-state index contributed by atoms with van der Waals surface area (Å²) in [5.74, 6) is -0.524. The number of nitrogens with two attached hydrogens (primary N) is 1. The highest BCUT2D eigenvalue weighted by molar-refractivity contribution is 6.31. The fourth-order valence-corrected chi connectivity index (χ4v) is 1.84. The second-order valence-corrected chi connectivity index (χ2v) is 3.79. The Morgan fingerprint density at radius 2 is 2.31 bits per heavy atom. The number of aromatic nitrogens is 1. The van der Waals surface area contributed by atoms with Crippen LogP contribution in [0.15, 0.2) is 24.4 Å². The van der Waals surface area contributed by atoms with Crippen LogP contribution in [0.5, 0.6) is 0 Å². The topological polar surface area (TPSA) is 71.8 Å². The van der Waals surface area contributed by atoms with E-state index in [4.69, 9.17) is 22.6 Å². The van der Waals surface area contributed by atoms with Gasteiger partial charge in [0.15, 0.2) is 0 Å². The Morgan fingerprint density at radius 1 is 1.56 bits per heavy atom. The van der Waals surface area contributed by atoms with Crippen molar-refractivity contribution in [2.24, 2.45) is 5.73 Å². The van der Waals surface area contributed by atoms with Crippen LogP contribution in [0.25, 0.3) is 10.9 Å². The molecule has 2 rings (SSSR count). The van der Waals surface area contributed by atoms with E-state index in [0.29, 0.717) is 16.0 Å². The molecule has 0 radical (unpaired) electrons.